The molecule has 18 heavy (non-hydrogen) atoms. The number of halogens is 1. The van der Waals surface area contributed by atoms with Crippen molar-refractivity contribution in [3.63, 3.8) is 0 Å². The number of likely N-dealkylation sites (tertiary alicyclic amines) is 1. The Labute approximate surface area is 110 Å². The second kappa shape index (κ2) is 5.97. The maximum Gasteiger partial charge on any atom is 0.316 e. The van der Waals surface area contributed by atoms with Gasteiger partial charge in [0.15, 0.2) is 0 Å². The largest absolute Gasteiger partial charge is 0.458 e. The molecule has 0 saturated carbocycles. The van der Waals surface area contributed by atoms with Crippen molar-refractivity contribution in [1.82, 2.24) is 14.9 Å². The molecule has 2 heterocycles. The van der Waals surface area contributed by atoms with Crippen LogP contribution < -0.4 is 4.74 Å². The summed E-state index contributed by atoms with van der Waals surface area (Å²) in [4.78, 5) is 21.2. The quantitative estimate of drug-likeness (QED) is 0.809. The van der Waals surface area contributed by atoms with Crippen LogP contribution in [-0.2, 0) is 9.53 Å². The second-order valence-corrected chi connectivity index (χ2v) is 4.42. The number of amides is 1. The molecule has 0 spiro atoms. The van der Waals surface area contributed by atoms with Crippen molar-refractivity contribution in [2.45, 2.75) is 12.5 Å². The fourth-order valence-electron chi connectivity index (χ4n) is 1.78. The molecule has 0 radical (unpaired) electrons. The minimum absolute atomic E-state index is 0.0272. The Morgan fingerprint density at radius 2 is 2.28 bits per heavy atom. The van der Waals surface area contributed by atoms with Crippen molar-refractivity contribution in [2.75, 3.05) is 26.8 Å². The van der Waals surface area contributed by atoms with Crippen LogP contribution in [0.25, 0.3) is 0 Å². The molecule has 1 aromatic rings. The first-order valence-electron chi connectivity index (χ1n) is 5.60. The molecule has 0 unspecified atom stereocenters. The second-order valence-electron chi connectivity index (χ2n) is 3.99. The lowest BCUT2D eigenvalue weighted by Gasteiger charge is -2.15. The number of hydrogen-bond acceptors (Lipinski definition) is 5. The van der Waals surface area contributed by atoms with E-state index in [-0.39, 0.29) is 24.6 Å². The molecule has 1 amide bonds. The van der Waals surface area contributed by atoms with E-state index in [0.29, 0.717) is 18.1 Å². The summed E-state index contributed by atoms with van der Waals surface area (Å²) in [5, 5.41) is 0.464. The van der Waals surface area contributed by atoms with E-state index in [1.807, 2.05) is 0 Å². The van der Waals surface area contributed by atoms with Crippen LogP contribution >= 0.6 is 11.6 Å². The third-order valence-corrected chi connectivity index (χ3v) is 2.83. The predicted molar refractivity (Wildman–Crippen MR) is 64.5 cm³/mol. The average Bonchev–Trinajstić information content (AvgIpc) is 2.81. The van der Waals surface area contributed by atoms with E-state index in [1.165, 1.54) is 19.5 Å². The molecule has 1 aromatic heterocycles. The molecule has 0 N–H and O–H groups in total. The Kier molecular flexibility index (Phi) is 4.33. The summed E-state index contributed by atoms with van der Waals surface area (Å²) in [6.45, 7) is 1.30. The van der Waals surface area contributed by atoms with E-state index < -0.39 is 0 Å². The molecule has 0 bridgehead atoms. The van der Waals surface area contributed by atoms with Crippen molar-refractivity contribution in [3.8, 4) is 6.01 Å². The third kappa shape index (κ3) is 3.30. The molecule has 6 nitrogen and oxygen atoms in total. The fourth-order valence-corrected chi connectivity index (χ4v) is 1.87. The van der Waals surface area contributed by atoms with Crippen LogP contribution in [0.1, 0.15) is 6.42 Å². The molecule has 98 valence electrons. The molecule has 0 aliphatic carbocycles. The van der Waals surface area contributed by atoms with Crippen molar-refractivity contribution < 1.29 is 14.3 Å². The predicted octanol–water partition coefficient (Wildman–Crippen LogP) is 0.756. The third-order valence-electron chi connectivity index (χ3n) is 2.63. The van der Waals surface area contributed by atoms with E-state index in [4.69, 9.17) is 21.1 Å². The molecule has 1 aliphatic heterocycles. The minimum Gasteiger partial charge on any atom is -0.458 e. The standard InChI is InChI=1S/C11H14ClN3O3/c1-17-7-10(16)15-3-2-9(6-15)18-11-13-4-8(12)5-14-11/h4-5,9H,2-3,6-7H2,1H3/t9-/m1/s1. The van der Waals surface area contributed by atoms with Crippen molar-refractivity contribution in [2.24, 2.45) is 0 Å². The Bertz CT molecular complexity index is 412. The number of rotatable bonds is 4. The van der Waals surface area contributed by atoms with Crippen LogP contribution in [0.15, 0.2) is 12.4 Å². The Hall–Kier alpha value is -1.40. The molecule has 7 heteroatoms. The highest BCUT2D eigenvalue weighted by atomic mass is 35.5. The average molecular weight is 272 g/mol. The highest BCUT2D eigenvalue weighted by Gasteiger charge is 2.27. The highest BCUT2D eigenvalue weighted by Crippen LogP contribution is 2.16. The van der Waals surface area contributed by atoms with Crippen LogP contribution in [0.3, 0.4) is 0 Å². The summed E-state index contributed by atoms with van der Waals surface area (Å²) < 4.78 is 10.4. The van der Waals surface area contributed by atoms with E-state index in [2.05, 4.69) is 9.97 Å². The molecule has 0 aromatic carbocycles. The van der Waals surface area contributed by atoms with Gasteiger partial charge in [0, 0.05) is 20.1 Å². The Morgan fingerprint density at radius 1 is 1.56 bits per heavy atom. The monoisotopic (exact) mass is 271 g/mol. The number of methoxy groups -OCH3 is 1. The van der Waals surface area contributed by atoms with Crippen LogP contribution in [-0.4, -0.2) is 53.7 Å². The van der Waals surface area contributed by atoms with E-state index >= 15 is 0 Å². The lowest BCUT2D eigenvalue weighted by molar-refractivity contribution is -0.134. The van der Waals surface area contributed by atoms with Crippen LogP contribution in [0.5, 0.6) is 6.01 Å². The summed E-state index contributed by atoms with van der Waals surface area (Å²) in [6, 6.07) is 0.283. The van der Waals surface area contributed by atoms with Crippen LogP contribution in [0.4, 0.5) is 0 Å². The van der Waals surface area contributed by atoms with Gasteiger partial charge in [0.05, 0.1) is 24.0 Å². The normalized spacial score (nSPS) is 19.0. The molecular weight excluding hydrogens is 258 g/mol. The number of aromatic nitrogens is 2. The lowest BCUT2D eigenvalue weighted by Crippen LogP contribution is -2.33. The Balaban J connectivity index is 1.86. The van der Waals surface area contributed by atoms with Gasteiger partial charge in [-0.3, -0.25) is 4.79 Å². The van der Waals surface area contributed by atoms with Gasteiger partial charge in [0.25, 0.3) is 0 Å². The van der Waals surface area contributed by atoms with Gasteiger partial charge in [-0.2, -0.15) is 0 Å². The summed E-state index contributed by atoms with van der Waals surface area (Å²) in [6.07, 6.45) is 3.65. The first-order chi connectivity index (χ1) is 8.69. The number of nitrogens with zero attached hydrogens (tertiary/aromatic N) is 3. The van der Waals surface area contributed by atoms with Crippen LogP contribution in [0, 0.1) is 0 Å². The minimum atomic E-state index is -0.0769. The van der Waals surface area contributed by atoms with Gasteiger partial charge < -0.3 is 14.4 Å². The van der Waals surface area contributed by atoms with Gasteiger partial charge in [-0.05, 0) is 0 Å². The van der Waals surface area contributed by atoms with Crippen molar-refractivity contribution >= 4 is 17.5 Å². The Morgan fingerprint density at radius 3 is 2.94 bits per heavy atom. The van der Waals surface area contributed by atoms with Gasteiger partial charge in [-0.1, -0.05) is 11.6 Å². The summed E-state index contributed by atoms with van der Waals surface area (Å²) >= 11 is 5.68. The molecule has 1 atom stereocenters. The first kappa shape index (κ1) is 13.0. The van der Waals surface area contributed by atoms with E-state index in [0.717, 1.165) is 6.42 Å². The number of hydrogen-bond donors (Lipinski definition) is 0. The fraction of sp³-hybridized carbons (Fsp3) is 0.545. The number of carbonyl (C=O) groups is 1. The molecule has 2 rings (SSSR count). The first-order valence-corrected chi connectivity index (χ1v) is 5.97. The topological polar surface area (TPSA) is 64.5 Å². The van der Waals surface area contributed by atoms with Gasteiger partial charge in [0.2, 0.25) is 5.91 Å². The summed E-state index contributed by atoms with van der Waals surface area (Å²) in [5.74, 6) is -0.0272. The zero-order valence-electron chi connectivity index (χ0n) is 10.0. The number of carbonyl (C=O) groups excluding carboxylic acids is 1. The van der Waals surface area contributed by atoms with Gasteiger partial charge >= 0.3 is 6.01 Å². The van der Waals surface area contributed by atoms with Gasteiger partial charge in [-0.25, -0.2) is 9.97 Å². The maximum absolute atomic E-state index is 11.6. The molecule has 1 saturated heterocycles. The van der Waals surface area contributed by atoms with E-state index in [1.54, 1.807) is 4.90 Å². The zero-order chi connectivity index (χ0) is 13.0. The van der Waals surface area contributed by atoms with Crippen molar-refractivity contribution in [1.29, 1.82) is 0 Å². The van der Waals surface area contributed by atoms with Crippen molar-refractivity contribution in [3.05, 3.63) is 17.4 Å². The highest BCUT2D eigenvalue weighted by molar-refractivity contribution is 6.30. The van der Waals surface area contributed by atoms with E-state index in [9.17, 15) is 4.79 Å². The van der Waals surface area contributed by atoms with Gasteiger partial charge in [-0.15, -0.1) is 0 Å². The summed E-state index contributed by atoms with van der Waals surface area (Å²) in [7, 11) is 1.50. The lowest BCUT2D eigenvalue weighted by atomic mass is 10.3. The number of ether oxygens (including phenoxy) is 2. The zero-order valence-corrected chi connectivity index (χ0v) is 10.8. The molecule has 1 fully saturated rings. The molecule has 1 aliphatic rings. The van der Waals surface area contributed by atoms with Gasteiger partial charge in [0.1, 0.15) is 12.7 Å². The smallest absolute Gasteiger partial charge is 0.316 e. The van der Waals surface area contributed by atoms with Crippen LogP contribution in [0.2, 0.25) is 5.02 Å². The molecular formula is C11H14ClN3O3. The maximum atomic E-state index is 11.6. The SMILES string of the molecule is COCC(=O)N1CC[C@@H](Oc2ncc(Cl)cn2)C1. The summed E-state index contributed by atoms with van der Waals surface area (Å²) in [5.41, 5.74) is 0.